The normalized spacial score (nSPS) is 17.1. The quantitative estimate of drug-likeness (QED) is 0.755. The van der Waals surface area contributed by atoms with E-state index in [1.807, 2.05) is 0 Å². The fourth-order valence-corrected chi connectivity index (χ4v) is 2.49. The third-order valence-corrected chi connectivity index (χ3v) is 3.74. The molecule has 2 heterocycles. The SMILES string of the molecule is COC(=O)CCc1ccc(OC2CCCCO2)c(NC(=O)OC(C)(C)C)n1. The van der Waals surface area contributed by atoms with E-state index >= 15 is 0 Å². The summed E-state index contributed by atoms with van der Waals surface area (Å²) in [7, 11) is 1.34. The van der Waals surface area contributed by atoms with Gasteiger partial charge in [-0.15, -0.1) is 0 Å². The van der Waals surface area contributed by atoms with E-state index in [1.54, 1.807) is 32.9 Å². The van der Waals surface area contributed by atoms with E-state index in [0.29, 0.717) is 24.5 Å². The van der Waals surface area contributed by atoms with Crippen LogP contribution >= 0.6 is 0 Å². The minimum atomic E-state index is -0.639. The Bertz CT molecular complexity index is 650. The summed E-state index contributed by atoms with van der Waals surface area (Å²) >= 11 is 0. The van der Waals surface area contributed by atoms with E-state index < -0.39 is 11.7 Å². The van der Waals surface area contributed by atoms with Gasteiger partial charge in [-0.3, -0.25) is 10.1 Å². The summed E-state index contributed by atoms with van der Waals surface area (Å²) in [5.74, 6) is 0.310. The first-order valence-corrected chi connectivity index (χ1v) is 9.12. The van der Waals surface area contributed by atoms with Crippen LogP contribution in [0.5, 0.6) is 5.75 Å². The fraction of sp³-hybridized carbons (Fsp3) is 0.632. The van der Waals surface area contributed by atoms with Crippen LogP contribution in [0.25, 0.3) is 0 Å². The monoisotopic (exact) mass is 380 g/mol. The molecule has 8 nitrogen and oxygen atoms in total. The molecule has 2 rings (SSSR count). The molecule has 0 radical (unpaired) electrons. The second kappa shape index (κ2) is 9.55. The zero-order chi connectivity index (χ0) is 19.9. The number of rotatable bonds is 6. The lowest BCUT2D eigenvalue weighted by atomic mass is 10.2. The minimum absolute atomic E-state index is 0.196. The summed E-state index contributed by atoms with van der Waals surface area (Å²) in [5.41, 5.74) is -0.0107. The highest BCUT2D eigenvalue weighted by molar-refractivity contribution is 5.85. The van der Waals surface area contributed by atoms with Gasteiger partial charge in [0.05, 0.1) is 20.1 Å². The topological polar surface area (TPSA) is 96.0 Å². The Hall–Kier alpha value is -2.35. The number of pyridine rings is 1. The van der Waals surface area contributed by atoms with Gasteiger partial charge in [-0.05, 0) is 45.7 Å². The number of amides is 1. The number of aromatic nitrogens is 1. The smallest absolute Gasteiger partial charge is 0.413 e. The van der Waals surface area contributed by atoms with Gasteiger partial charge < -0.3 is 18.9 Å². The Morgan fingerprint density at radius 3 is 2.70 bits per heavy atom. The number of aryl methyl sites for hydroxylation is 1. The van der Waals surface area contributed by atoms with E-state index in [1.165, 1.54) is 7.11 Å². The molecule has 1 saturated heterocycles. The molecule has 8 heteroatoms. The van der Waals surface area contributed by atoms with Gasteiger partial charge in [0.2, 0.25) is 0 Å². The largest absolute Gasteiger partial charge is 0.469 e. The molecular formula is C19H28N2O6. The maximum atomic E-state index is 12.2. The summed E-state index contributed by atoms with van der Waals surface area (Å²) in [4.78, 5) is 27.9. The molecule has 1 aromatic heterocycles. The summed E-state index contributed by atoms with van der Waals surface area (Å²) in [6.07, 6.45) is 2.38. The second-order valence-electron chi connectivity index (χ2n) is 7.27. The van der Waals surface area contributed by atoms with Gasteiger partial charge in [0, 0.05) is 18.5 Å². The number of nitrogens with one attached hydrogen (secondary N) is 1. The molecular weight excluding hydrogens is 352 g/mol. The minimum Gasteiger partial charge on any atom is -0.469 e. The van der Waals surface area contributed by atoms with Crippen molar-refractivity contribution in [2.75, 3.05) is 19.0 Å². The van der Waals surface area contributed by atoms with Gasteiger partial charge in [0.15, 0.2) is 17.9 Å². The molecule has 1 fully saturated rings. The number of anilines is 1. The van der Waals surface area contributed by atoms with Gasteiger partial charge in [-0.25, -0.2) is 9.78 Å². The van der Waals surface area contributed by atoms with Crippen molar-refractivity contribution in [2.24, 2.45) is 0 Å². The van der Waals surface area contributed by atoms with Gasteiger partial charge >= 0.3 is 12.1 Å². The van der Waals surface area contributed by atoms with Crippen LogP contribution < -0.4 is 10.1 Å². The van der Waals surface area contributed by atoms with Crippen LogP contribution in [-0.2, 0) is 25.4 Å². The molecule has 1 N–H and O–H groups in total. The summed E-state index contributed by atoms with van der Waals surface area (Å²) in [6, 6.07) is 3.46. The molecule has 0 aliphatic carbocycles. The van der Waals surface area contributed by atoms with Crippen molar-refractivity contribution in [3.8, 4) is 5.75 Å². The van der Waals surface area contributed by atoms with Crippen LogP contribution in [-0.4, -0.2) is 42.7 Å². The maximum absolute atomic E-state index is 12.2. The van der Waals surface area contributed by atoms with E-state index in [9.17, 15) is 9.59 Å². The van der Waals surface area contributed by atoms with Gasteiger partial charge in [0.1, 0.15) is 5.60 Å². The van der Waals surface area contributed by atoms with Crippen LogP contribution in [0.3, 0.4) is 0 Å². The van der Waals surface area contributed by atoms with Crippen molar-refractivity contribution in [1.29, 1.82) is 0 Å². The zero-order valence-electron chi connectivity index (χ0n) is 16.4. The lowest BCUT2D eigenvalue weighted by Crippen LogP contribution is -2.29. The molecule has 150 valence electrons. The second-order valence-corrected chi connectivity index (χ2v) is 7.27. The van der Waals surface area contributed by atoms with Gasteiger partial charge in [0.25, 0.3) is 0 Å². The van der Waals surface area contributed by atoms with Crippen LogP contribution in [0.15, 0.2) is 12.1 Å². The van der Waals surface area contributed by atoms with Crippen LogP contribution in [0.2, 0.25) is 0 Å². The number of carbonyl (C=O) groups excluding carboxylic acids is 2. The molecule has 1 atom stereocenters. The molecule has 0 aromatic carbocycles. The number of hydrogen-bond acceptors (Lipinski definition) is 7. The van der Waals surface area contributed by atoms with Crippen LogP contribution in [0.1, 0.15) is 52.1 Å². The molecule has 1 aliphatic rings. The summed E-state index contributed by atoms with van der Waals surface area (Å²) < 4.78 is 21.4. The Morgan fingerprint density at radius 2 is 2.07 bits per heavy atom. The van der Waals surface area contributed by atoms with Crippen molar-refractivity contribution < 1.29 is 28.5 Å². The van der Waals surface area contributed by atoms with Crippen LogP contribution in [0, 0.1) is 0 Å². The lowest BCUT2D eigenvalue weighted by molar-refractivity contribution is -0.140. The van der Waals surface area contributed by atoms with Crippen molar-refractivity contribution in [1.82, 2.24) is 4.98 Å². The van der Waals surface area contributed by atoms with Crippen molar-refractivity contribution in [2.45, 2.75) is 64.8 Å². The molecule has 1 amide bonds. The number of carbonyl (C=O) groups is 2. The third-order valence-electron chi connectivity index (χ3n) is 3.74. The Balaban J connectivity index is 2.14. The molecule has 0 saturated carbocycles. The average molecular weight is 380 g/mol. The first kappa shape index (κ1) is 21.0. The number of ether oxygens (including phenoxy) is 4. The maximum Gasteiger partial charge on any atom is 0.413 e. The zero-order valence-corrected chi connectivity index (χ0v) is 16.4. The molecule has 0 bridgehead atoms. The number of methoxy groups -OCH3 is 1. The fourth-order valence-electron chi connectivity index (χ4n) is 2.49. The molecule has 27 heavy (non-hydrogen) atoms. The highest BCUT2D eigenvalue weighted by Crippen LogP contribution is 2.27. The van der Waals surface area contributed by atoms with Crippen molar-refractivity contribution in [3.63, 3.8) is 0 Å². The summed E-state index contributed by atoms with van der Waals surface area (Å²) in [5, 5.41) is 2.63. The molecule has 0 spiro atoms. The van der Waals surface area contributed by atoms with E-state index in [0.717, 1.165) is 19.3 Å². The van der Waals surface area contributed by atoms with Crippen LogP contribution in [0.4, 0.5) is 10.6 Å². The predicted octanol–water partition coefficient (Wildman–Crippen LogP) is 3.44. The Labute approximate surface area is 159 Å². The van der Waals surface area contributed by atoms with Gasteiger partial charge in [-0.2, -0.15) is 0 Å². The lowest BCUT2D eigenvalue weighted by Gasteiger charge is -2.25. The highest BCUT2D eigenvalue weighted by Gasteiger charge is 2.21. The molecule has 1 aromatic rings. The first-order chi connectivity index (χ1) is 12.8. The molecule has 1 aliphatic heterocycles. The standard InChI is InChI=1S/C19H28N2O6/c1-19(2,3)27-18(23)21-17-14(26-16-7-5-6-12-25-16)10-8-13(20-17)9-11-15(22)24-4/h8,10,16H,5-7,9,11-12H2,1-4H3,(H,20,21,23). The Kier molecular flexibility index (Phi) is 7.41. The highest BCUT2D eigenvalue weighted by atomic mass is 16.7. The molecule has 1 unspecified atom stereocenters. The van der Waals surface area contributed by atoms with Crippen molar-refractivity contribution in [3.05, 3.63) is 17.8 Å². The number of hydrogen-bond donors (Lipinski definition) is 1. The summed E-state index contributed by atoms with van der Waals surface area (Å²) in [6.45, 7) is 5.98. The Morgan fingerprint density at radius 1 is 1.30 bits per heavy atom. The number of esters is 1. The van der Waals surface area contributed by atoms with E-state index in [4.69, 9.17) is 14.2 Å². The first-order valence-electron chi connectivity index (χ1n) is 9.12. The van der Waals surface area contributed by atoms with E-state index in [2.05, 4.69) is 15.0 Å². The van der Waals surface area contributed by atoms with Crippen molar-refractivity contribution >= 4 is 17.9 Å². The average Bonchev–Trinajstić information content (AvgIpc) is 2.60. The predicted molar refractivity (Wildman–Crippen MR) is 98.6 cm³/mol. The van der Waals surface area contributed by atoms with Gasteiger partial charge in [-0.1, -0.05) is 0 Å². The third kappa shape index (κ3) is 7.42. The number of nitrogens with zero attached hydrogens (tertiary/aromatic N) is 1. The van der Waals surface area contributed by atoms with E-state index in [-0.39, 0.29) is 24.5 Å².